The monoisotopic (exact) mass is 423 g/mol. The summed E-state index contributed by atoms with van der Waals surface area (Å²) in [6.07, 6.45) is 3.26. The molecule has 0 amide bonds. The highest BCUT2D eigenvalue weighted by Gasteiger charge is 2.26. The van der Waals surface area contributed by atoms with E-state index in [2.05, 4.69) is 46.2 Å². The topological polar surface area (TPSA) is 40.5 Å². The molecule has 1 aliphatic carbocycles. The van der Waals surface area contributed by atoms with Gasteiger partial charge in [0.05, 0.1) is 18.2 Å². The SMILES string of the molecule is COC(=O)c1cc(Br)cc2c3c(n(COCC[Si](C)(C)C)c12)CCC3. The van der Waals surface area contributed by atoms with Crippen molar-refractivity contribution >= 4 is 40.9 Å². The second-order valence-electron chi connectivity index (χ2n) is 7.90. The van der Waals surface area contributed by atoms with Gasteiger partial charge < -0.3 is 14.0 Å². The lowest BCUT2D eigenvalue weighted by atomic mass is 10.1. The predicted molar refractivity (Wildman–Crippen MR) is 107 cm³/mol. The van der Waals surface area contributed by atoms with Crippen LogP contribution in [0.5, 0.6) is 0 Å². The van der Waals surface area contributed by atoms with Gasteiger partial charge in [0.1, 0.15) is 6.73 Å². The third-order valence-electron chi connectivity index (χ3n) is 4.81. The standard InChI is InChI=1S/C19H26BrNO3Si/c1-23-19(22)16-11-13(20)10-15-14-6-5-7-17(14)21(18(15)16)12-24-8-9-25(2,3)4/h10-11H,5-9,12H2,1-4H3. The molecule has 0 spiro atoms. The van der Waals surface area contributed by atoms with Crippen molar-refractivity contribution in [3.8, 4) is 0 Å². The van der Waals surface area contributed by atoms with Crippen LogP contribution in [0.2, 0.25) is 25.7 Å². The smallest absolute Gasteiger partial charge is 0.340 e. The summed E-state index contributed by atoms with van der Waals surface area (Å²) in [6.45, 7) is 8.33. The average Bonchev–Trinajstić information content (AvgIpc) is 3.11. The fourth-order valence-corrected chi connectivity index (χ4v) is 4.73. The van der Waals surface area contributed by atoms with Crippen LogP contribution in [0.25, 0.3) is 10.9 Å². The minimum atomic E-state index is -1.11. The van der Waals surface area contributed by atoms with E-state index < -0.39 is 8.07 Å². The van der Waals surface area contributed by atoms with E-state index in [-0.39, 0.29) is 5.97 Å². The summed E-state index contributed by atoms with van der Waals surface area (Å²) in [6, 6.07) is 5.11. The van der Waals surface area contributed by atoms with E-state index in [4.69, 9.17) is 9.47 Å². The van der Waals surface area contributed by atoms with E-state index in [1.54, 1.807) is 0 Å². The lowest BCUT2D eigenvalue weighted by Crippen LogP contribution is -2.22. The molecule has 3 rings (SSSR count). The molecule has 0 saturated heterocycles. The van der Waals surface area contributed by atoms with Gasteiger partial charge in [0.25, 0.3) is 0 Å². The van der Waals surface area contributed by atoms with Gasteiger partial charge in [-0.2, -0.15) is 0 Å². The largest absolute Gasteiger partial charge is 0.465 e. The van der Waals surface area contributed by atoms with Crippen LogP contribution in [0.15, 0.2) is 16.6 Å². The summed E-state index contributed by atoms with van der Waals surface area (Å²) in [7, 11) is 0.321. The highest BCUT2D eigenvalue weighted by Crippen LogP contribution is 2.37. The van der Waals surface area contributed by atoms with Crippen LogP contribution in [0.4, 0.5) is 0 Å². The number of carbonyl (C=O) groups excluding carboxylic acids is 1. The number of hydrogen-bond donors (Lipinski definition) is 0. The Hall–Kier alpha value is -1.11. The maximum absolute atomic E-state index is 12.3. The van der Waals surface area contributed by atoms with E-state index in [0.717, 1.165) is 47.3 Å². The van der Waals surface area contributed by atoms with Crippen molar-refractivity contribution in [2.75, 3.05) is 13.7 Å². The fraction of sp³-hybridized carbons (Fsp3) is 0.526. The number of rotatable bonds is 6. The normalized spacial score (nSPS) is 14.1. The van der Waals surface area contributed by atoms with Crippen LogP contribution in [-0.2, 0) is 29.0 Å². The number of carbonyl (C=O) groups is 1. The van der Waals surface area contributed by atoms with Gasteiger partial charge in [0, 0.05) is 30.2 Å². The van der Waals surface area contributed by atoms with Gasteiger partial charge >= 0.3 is 5.97 Å². The summed E-state index contributed by atoms with van der Waals surface area (Å²) >= 11 is 3.54. The Kier molecular flexibility index (Phi) is 5.41. The Morgan fingerprint density at radius 3 is 2.72 bits per heavy atom. The van der Waals surface area contributed by atoms with Crippen LogP contribution in [0.1, 0.15) is 28.0 Å². The van der Waals surface area contributed by atoms with Crippen molar-refractivity contribution < 1.29 is 14.3 Å². The van der Waals surface area contributed by atoms with Gasteiger partial charge in [-0.3, -0.25) is 0 Å². The Morgan fingerprint density at radius 1 is 1.28 bits per heavy atom. The predicted octanol–water partition coefficient (Wildman–Crippen LogP) is 4.99. The van der Waals surface area contributed by atoms with Crippen molar-refractivity contribution in [3.05, 3.63) is 33.4 Å². The summed E-state index contributed by atoms with van der Waals surface area (Å²) in [4.78, 5) is 12.3. The van der Waals surface area contributed by atoms with Crippen LogP contribution in [-0.4, -0.2) is 32.3 Å². The maximum Gasteiger partial charge on any atom is 0.340 e. The molecule has 0 aliphatic heterocycles. The lowest BCUT2D eigenvalue weighted by Gasteiger charge is -2.17. The molecule has 0 fully saturated rings. The molecular weight excluding hydrogens is 398 g/mol. The van der Waals surface area contributed by atoms with Crippen molar-refractivity contribution in [2.24, 2.45) is 0 Å². The summed E-state index contributed by atoms with van der Waals surface area (Å²) in [5, 5.41) is 1.15. The molecule has 1 heterocycles. The number of aryl methyl sites for hydroxylation is 1. The molecule has 6 heteroatoms. The quantitative estimate of drug-likeness (QED) is 0.373. The Morgan fingerprint density at radius 2 is 2.04 bits per heavy atom. The molecule has 2 aromatic rings. The molecule has 0 saturated carbocycles. The average molecular weight is 424 g/mol. The van der Waals surface area contributed by atoms with Crippen LogP contribution in [0.3, 0.4) is 0 Å². The summed E-state index contributed by atoms with van der Waals surface area (Å²) in [5.74, 6) is -0.300. The maximum atomic E-state index is 12.3. The second kappa shape index (κ2) is 7.25. The van der Waals surface area contributed by atoms with Crippen molar-refractivity contribution in [1.29, 1.82) is 0 Å². The number of aromatic nitrogens is 1. The van der Waals surface area contributed by atoms with E-state index in [0.29, 0.717) is 12.3 Å². The number of fused-ring (bicyclic) bond motifs is 3. The van der Waals surface area contributed by atoms with E-state index in [1.165, 1.54) is 18.4 Å². The fourth-order valence-electron chi connectivity index (χ4n) is 3.51. The summed E-state index contributed by atoms with van der Waals surface area (Å²) in [5.41, 5.74) is 4.23. The Labute approximate surface area is 158 Å². The molecule has 0 radical (unpaired) electrons. The lowest BCUT2D eigenvalue weighted by molar-refractivity contribution is 0.0600. The zero-order valence-electron chi connectivity index (χ0n) is 15.4. The Bertz CT molecular complexity index is 807. The first-order valence-electron chi connectivity index (χ1n) is 8.81. The molecule has 0 bridgehead atoms. The minimum absolute atomic E-state index is 0.300. The number of hydrogen-bond acceptors (Lipinski definition) is 3. The highest BCUT2D eigenvalue weighted by atomic mass is 79.9. The van der Waals surface area contributed by atoms with Gasteiger partial charge in [-0.05, 0) is 43.0 Å². The Balaban J connectivity index is 2.00. The number of esters is 1. The number of methoxy groups -OCH3 is 1. The number of benzene rings is 1. The third kappa shape index (κ3) is 3.86. The van der Waals surface area contributed by atoms with Crippen LogP contribution >= 0.6 is 15.9 Å². The molecular formula is C19H26BrNO3Si. The van der Waals surface area contributed by atoms with Crippen molar-refractivity contribution in [2.45, 2.75) is 51.7 Å². The zero-order valence-corrected chi connectivity index (χ0v) is 18.0. The van der Waals surface area contributed by atoms with Gasteiger partial charge in [-0.25, -0.2) is 4.79 Å². The van der Waals surface area contributed by atoms with Gasteiger partial charge in [0.15, 0.2) is 0 Å². The molecule has 0 atom stereocenters. The molecule has 136 valence electrons. The molecule has 25 heavy (non-hydrogen) atoms. The first-order valence-corrected chi connectivity index (χ1v) is 13.3. The van der Waals surface area contributed by atoms with Crippen LogP contribution < -0.4 is 0 Å². The molecule has 4 nitrogen and oxygen atoms in total. The van der Waals surface area contributed by atoms with Crippen molar-refractivity contribution in [1.82, 2.24) is 4.57 Å². The molecule has 1 aromatic carbocycles. The van der Waals surface area contributed by atoms with Crippen LogP contribution in [0, 0.1) is 0 Å². The second-order valence-corrected chi connectivity index (χ2v) is 14.4. The number of ether oxygens (including phenoxy) is 2. The first-order chi connectivity index (χ1) is 11.8. The third-order valence-corrected chi connectivity index (χ3v) is 6.97. The first kappa shape index (κ1) is 18.7. The summed E-state index contributed by atoms with van der Waals surface area (Å²) < 4.78 is 14.1. The molecule has 0 N–H and O–H groups in total. The minimum Gasteiger partial charge on any atom is -0.465 e. The van der Waals surface area contributed by atoms with Gasteiger partial charge in [-0.1, -0.05) is 35.6 Å². The van der Waals surface area contributed by atoms with Gasteiger partial charge in [-0.15, -0.1) is 0 Å². The highest BCUT2D eigenvalue weighted by molar-refractivity contribution is 9.10. The molecule has 1 aromatic heterocycles. The molecule has 1 aliphatic rings. The van der Waals surface area contributed by atoms with Crippen molar-refractivity contribution in [3.63, 3.8) is 0 Å². The van der Waals surface area contributed by atoms with E-state index in [9.17, 15) is 4.79 Å². The van der Waals surface area contributed by atoms with Gasteiger partial charge in [0.2, 0.25) is 0 Å². The zero-order chi connectivity index (χ0) is 18.2. The number of nitrogens with zero attached hydrogens (tertiary/aromatic N) is 1. The number of halogens is 1. The molecule has 0 unspecified atom stereocenters. The van der Waals surface area contributed by atoms with E-state index >= 15 is 0 Å². The van der Waals surface area contributed by atoms with E-state index in [1.807, 2.05) is 6.07 Å².